The molecule has 5 aromatic rings. The highest BCUT2D eigenvalue weighted by molar-refractivity contribution is 7.80. The standard InChI is InChI=1S/C22H15N5O2S2/c1-12-2-8-17-19(10-12)29-21(24-17)13-3-6-15(7-4-13)23-22(30)25-20(28)14-5-9-16-18(11-14)27-31-26-16/h2-11H,1H3,(H2,23,25,28,30). The maximum atomic E-state index is 12.5. The van der Waals surface area contributed by atoms with E-state index >= 15 is 0 Å². The molecular formula is C22H15N5O2S2. The van der Waals surface area contributed by atoms with Gasteiger partial charge < -0.3 is 9.73 Å². The third kappa shape index (κ3) is 4.00. The molecule has 5 rings (SSSR count). The first-order chi connectivity index (χ1) is 15.0. The Bertz CT molecular complexity index is 1440. The van der Waals surface area contributed by atoms with Crippen LogP contribution in [-0.2, 0) is 0 Å². The number of hydrogen-bond donors (Lipinski definition) is 2. The van der Waals surface area contributed by atoms with E-state index in [1.54, 1.807) is 18.2 Å². The SMILES string of the molecule is Cc1ccc2nc(-c3ccc(NC(=S)NC(=O)c4ccc5nsnc5c4)cc3)oc2c1. The fourth-order valence-corrected chi connectivity index (χ4v) is 3.84. The summed E-state index contributed by atoms with van der Waals surface area (Å²) in [4.78, 5) is 17.0. The summed E-state index contributed by atoms with van der Waals surface area (Å²) in [5, 5.41) is 5.89. The maximum absolute atomic E-state index is 12.5. The molecule has 7 nitrogen and oxygen atoms in total. The molecule has 0 aliphatic rings. The molecule has 0 aliphatic carbocycles. The third-order valence-electron chi connectivity index (χ3n) is 4.68. The van der Waals surface area contributed by atoms with E-state index in [0.29, 0.717) is 17.0 Å². The molecule has 0 spiro atoms. The molecule has 3 aromatic carbocycles. The van der Waals surface area contributed by atoms with Gasteiger partial charge in [0.2, 0.25) is 5.89 Å². The van der Waals surface area contributed by atoms with Crippen LogP contribution in [0.25, 0.3) is 33.6 Å². The second-order valence-electron chi connectivity index (χ2n) is 6.94. The number of fused-ring (bicyclic) bond motifs is 2. The summed E-state index contributed by atoms with van der Waals surface area (Å²) in [7, 11) is 0. The number of thiocarbonyl (C=S) groups is 1. The number of hydrogen-bond acceptors (Lipinski definition) is 7. The molecule has 2 aromatic heterocycles. The zero-order valence-corrected chi connectivity index (χ0v) is 17.9. The summed E-state index contributed by atoms with van der Waals surface area (Å²) in [5.41, 5.74) is 6.18. The Morgan fingerprint density at radius 2 is 1.74 bits per heavy atom. The van der Waals surface area contributed by atoms with Gasteiger partial charge in [-0.15, -0.1) is 0 Å². The molecular weight excluding hydrogens is 430 g/mol. The lowest BCUT2D eigenvalue weighted by atomic mass is 10.2. The van der Waals surface area contributed by atoms with Gasteiger partial charge in [0.05, 0.1) is 11.7 Å². The van der Waals surface area contributed by atoms with Gasteiger partial charge in [-0.05, 0) is 79.3 Å². The first-order valence-electron chi connectivity index (χ1n) is 9.37. The highest BCUT2D eigenvalue weighted by atomic mass is 32.1. The minimum Gasteiger partial charge on any atom is -0.436 e. The van der Waals surface area contributed by atoms with E-state index in [0.717, 1.165) is 45.2 Å². The highest BCUT2D eigenvalue weighted by Gasteiger charge is 2.11. The predicted molar refractivity (Wildman–Crippen MR) is 125 cm³/mol. The van der Waals surface area contributed by atoms with Gasteiger partial charge in [0, 0.05) is 16.8 Å². The van der Waals surface area contributed by atoms with Gasteiger partial charge in [-0.25, -0.2) is 4.98 Å². The third-order valence-corrected chi connectivity index (χ3v) is 5.44. The number of carbonyl (C=O) groups excluding carboxylic acids is 1. The summed E-state index contributed by atoms with van der Waals surface area (Å²) < 4.78 is 14.1. The second-order valence-corrected chi connectivity index (χ2v) is 7.88. The Kier molecular flexibility index (Phi) is 4.89. The fourth-order valence-electron chi connectivity index (χ4n) is 3.11. The summed E-state index contributed by atoms with van der Waals surface area (Å²) in [6.45, 7) is 2.01. The lowest BCUT2D eigenvalue weighted by molar-refractivity contribution is 0.0978. The Morgan fingerprint density at radius 1 is 0.968 bits per heavy atom. The van der Waals surface area contributed by atoms with E-state index in [1.165, 1.54) is 0 Å². The zero-order valence-electron chi connectivity index (χ0n) is 16.2. The molecule has 0 fully saturated rings. The summed E-state index contributed by atoms with van der Waals surface area (Å²) in [6, 6.07) is 18.5. The van der Waals surface area contributed by atoms with Crippen LogP contribution in [0.3, 0.4) is 0 Å². The van der Waals surface area contributed by atoms with Crippen LogP contribution < -0.4 is 10.6 Å². The molecule has 152 valence electrons. The van der Waals surface area contributed by atoms with E-state index in [1.807, 2.05) is 49.4 Å². The van der Waals surface area contributed by atoms with Crippen LogP contribution >= 0.6 is 23.9 Å². The van der Waals surface area contributed by atoms with Crippen molar-refractivity contribution in [2.24, 2.45) is 0 Å². The molecule has 2 heterocycles. The minimum absolute atomic E-state index is 0.201. The number of anilines is 1. The molecule has 0 bridgehead atoms. The normalized spacial score (nSPS) is 11.0. The molecule has 9 heteroatoms. The van der Waals surface area contributed by atoms with Crippen LogP contribution in [0.2, 0.25) is 0 Å². The summed E-state index contributed by atoms with van der Waals surface area (Å²) in [5.74, 6) is 0.237. The van der Waals surface area contributed by atoms with Crippen molar-refractivity contribution in [3.8, 4) is 11.5 Å². The second kappa shape index (κ2) is 7.86. The van der Waals surface area contributed by atoms with Gasteiger partial charge in [-0.2, -0.15) is 8.75 Å². The number of oxazole rings is 1. The molecule has 2 N–H and O–H groups in total. The molecule has 0 unspecified atom stereocenters. The van der Waals surface area contributed by atoms with Gasteiger partial charge in [0.15, 0.2) is 10.7 Å². The van der Waals surface area contributed by atoms with E-state index in [-0.39, 0.29) is 11.0 Å². The average Bonchev–Trinajstić information content (AvgIpc) is 3.40. The molecule has 1 amide bonds. The fraction of sp³-hybridized carbons (Fsp3) is 0.0455. The van der Waals surface area contributed by atoms with Crippen molar-refractivity contribution in [2.45, 2.75) is 6.92 Å². The number of aromatic nitrogens is 3. The van der Waals surface area contributed by atoms with Crippen molar-refractivity contribution < 1.29 is 9.21 Å². The number of nitrogens with one attached hydrogen (secondary N) is 2. The summed E-state index contributed by atoms with van der Waals surface area (Å²) >= 11 is 6.38. The molecule has 0 saturated heterocycles. The number of benzene rings is 3. The van der Waals surface area contributed by atoms with Crippen molar-refractivity contribution >= 4 is 62.8 Å². The summed E-state index contributed by atoms with van der Waals surface area (Å²) in [6.07, 6.45) is 0. The van der Waals surface area contributed by atoms with E-state index in [9.17, 15) is 4.79 Å². The lowest BCUT2D eigenvalue weighted by Crippen LogP contribution is -2.34. The van der Waals surface area contributed by atoms with Crippen LogP contribution in [0.1, 0.15) is 15.9 Å². The van der Waals surface area contributed by atoms with Gasteiger partial charge >= 0.3 is 0 Å². The van der Waals surface area contributed by atoms with Gasteiger partial charge in [-0.3, -0.25) is 10.1 Å². The van der Waals surface area contributed by atoms with Crippen LogP contribution in [0, 0.1) is 6.92 Å². The lowest BCUT2D eigenvalue weighted by Gasteiger charge is -2.10. The number of rotatable bonds is 3. The number of aryl methyl sites for hydroxylation is 1. The van der Waals surface area contributed by atoms with Crippen molar-refractivity contribution in [3.05, 3.63) is 71.8 Å². The molecule has 31 heavy (non-hydrogen) atoms. The molecule has 0 atom stereocenters. The van der Waals surface area contributed by atoms with Gasteiger partial charge in [-0.1, -0.05) is 6.07 Å². The smallest absolute Gasteiger partial charge is 0.257 e. The topological polar surface area (TPSA) is 92.9 Å². The quantitative estimate of drug-likeness (QED) is 0.380. The van der Waals surface area contributed by atoms with Crippen molar-refractivity contribution in [1.82, 2.24) is 19.0 Å². The Labute approximate surface area is 186 Å². The van der Waals surface area contributed by atoms with Crippen molar-refractivity contribution in [2.75, 3.05) is 5.32 Å². The van der Waals surface area contributed by atoms with E-state index in [2.05, 4.69) is 24.4 Å². The predicted octanol–water partition coefficient (Wildman–Crippen LogP) is 4.93. The van der Waals surface area contributed by atoms with Crippen LogP contribution in [0.15, 0.2) is 65.1 Å². The first kappa shape index (κ1) is 19.3. The largest absolute Gasteiger partial charge is 0.436 e. The maximum Gasteiger partial charge on any atom is 0.257 e. The molecule has 0 saturated carbocycles. The van der Waals surface area contributed by atoms with Crippen LogP contribution in [-0.4, -0.2) is 24.8 Å². The first-order valence-corrected chi connectivity index (χ1v) is 10.5. The number of carbonyl (C=O) groups is 1. The Morgan fingerprint density at radius 3 is 2.58 bits per heavy atom. The van der Waals surface area contributed by atoms with Crippen molar-refractivity contribution in [1.29, 1.82) is 0 Å². The highest BCUT2D eigenvalue weighted by Crippen LogP contribution is 2.26. The van der Waals surface area contributed by atoms with E-state index in [4.69, 9.17) is 16.6 Å². The molecule has 0 radical (unpaired) electrons. The van der Waals surface area contributed by atoms with Gasteiger partial charge in [0.1, 0.15) is 16.6 Å². The van der Waals surface area contributed by atoms with Crippen LogP contribution in [0.5, 0.6) is 0 Å². The Hall–Kier alpha value is -3.69. The van der Waals surface area contributed by atoms with Gasteiger partial charge in [0.25, 0.3) is 5.91 Å². The zero-order chi connectivity index (χ0) is 21.4. The monoisotopic (exact) mass is 445 g/mol. The average molecular weight is 446 g/mol. The van der Waals surface area contributed by atoms with Crippen molar-refractivity contribution in [3.63, 3.8) is 0 Å². The van der Waals surface area contributed by atoms with E-state index < -0.39 is 0 Å². The number of nitrogens with zero attached hydrogens (tertiary/aromatic N) is 3. The number of amides is 1. The Balaban J connectivity index is 1.26. The minimum atomic E-state index is -0.314. The van der Waals surface area contributed by atoms with Crippen LogP contribution in [0.4, 0.5) is 5.69 Å². The molecule has 0 aliphatic heterocycles.